The maximum Gasteiger partial charge on any atom is 0.160 e. The predicted molar refractivity (Wildman–Crippen MR) is 36.8 cm³/mol. The van der Waals surface area contributed by atoms with E-state index in [4.69, 9.17) is 14.2 Å². The van der Waals surface area contributed by atoms with E-state index in [1.54, 1.807) is 7.11 Å². The summed E-state index contributed by atoms with van der Waals surface area (Å²) in [6.07, 6.45) is 1.02. The zero-order chi connectivity index (χ0) is 7.40. The molecule has 1 atom stereocenters. The Hall–Kier alpha value is -0.120. The van der Waals surface area contributed by atoms with Gasteiger partial charge >= 0.3 is 0 Å². The van der Waals surface area contributed by atoms with Crippen molar-refractivity contribution < 1.29 is 14.2 Å². The topological polar surface area (TPSA) is 27.7 Å². The molecule has 0 amide bonds. The highest BCUT2D eigenvalue weighted by Crippen LogP contribution is 2.11. The van der Waals surface area contributed by atoms with E-state index in [2.05, 4.69) is 0 Å². The van der Waals surface area contributed by atoms with Gasteiger partial charge in [-0.2, -0.15) is 0 Å². The first-order valence-corrected chi connectivity index (χ1v) is 3.59. The molecule has 1 aliphatic rings. The first kappa shape index (κ1) is 7.98. The number of rotatable bonds is 3. The molecular weight excluding hydrogens is 132 g/mol. The molecule has 1 aliphatic heterocycles. The van der Waals surface area contributed by atoms with Gasteiger partial charge in [0.1, 0.15) is 0 Å². The van der Waals surface area contributed by atoms with Gasteiger partial charge < -0.3 is 14.2 Å². The summed E-state index contributed by atoms with van der Waals surface area (Å²) in [5.41, 5.74) is 0. The van der Waals surface area contributed by atoms with E-state index in [0.29, 0.717) is 0 Å². The Bertz CT molecular complexity index is 88.9. The minimum Gasteiger partial charge on any atom is -0.382 e. The normalized spacial score (nSPS) is 23.4. The second-order valence-corrected chi connectivity index (χ2v) is 2.45. The highest BCUT2D eigenvalue weighted by molar-refractivity contribution is 4.57. The van der Waals surface area contributed by atoms with Gasteiger partial charge in [0.25, 0.3) is 0 Å². The van der Waals surface area contributed by atoms with E-state index in [1.165, 1.54) is 0 Å². The molecule has 0 aromatic carbocycles. The standard InChI is InChI=1S/C7H14O3/c1-6(8-2)5-7-9-3-4-10-7/h6-7H,3-5H2,1-2H3. The van der Waals surface area contributed by atoms with Crippen LogP contribution in [0.1, 0.15) is 13.3 Å². The number of methoxy groups -OCH3 is 1. The molecule has 60 valence electrons. The Morgan fingerprint density at radius 1 is 1.50 bits per heavy atom. The third-order valence-corrected chi connectivity index (χ3v) is 1.62. The molecule has 10 heavy (non-hydrogen) atoms. The van der Waals surface area contributed by atoms with Crippen LogP contribution in [0.15, 0.2) is 0 Å². The Morgan fingerprint density at radius 2 is 2.10 bits per heavy atom. The Kier molecular flexibility index (Phi) is 3.12. The van der Waals surface area contributed by atoms with Gasteiger partial charge in [-0.25, -0.2) is 0 Å². The van der Waals surface area contributed by atoms with E-state index >= 15 is 0 Å². The maximum atomic E-state index is 5.22. The summed E-state index contributed by atoms with van der Waals surface area (Å²) in [5.74, 6) is 0. The largest absolute Gasteiger partial charge is 0.382 e. The molecule has 1 rings (SSSR count). The van der Waals surface area contributed by atoms with Crippen molar-refractivity contribution >= 4 is 0 Å². The lowest BCUT2D eigenvalue weighted by Gasteiger charge is -2.13. The number of hydrogen-bond acceptors (Lipinski definition) is 3. The van der Waals surface area contributed by atoms with Crippen LogP contribution in [0.3, 0.4) is 0 Å². The zero-order valence-electron chi connectivity index (χ0n) is 6.50. The van der Waals surface area contributed by atoms with Crippen molar-refractivity contribution in [3.63, 3.8) is 0 Å². The smallest absolute Gasteiger partial charge is 0.160 e. The van der Waals surface area contributed by atoms with Crippen LogP contribution in [-0.4, -0.2) is 32.7 Å². The third-order valence-electron chi connectivity index (χ3n) is 1.62. The van der Waals surface area contributed by atoms with Gasteiger partial charge in [-0.1, -0.05) is 0 Å². The number of ether oxygens (including phenoxy) is 3. The molecule has 0 aliphatic carbocycles. The van der Waals surface area contributed by atoms with Crippen molar-refractivity contribution in [3.8, 4) is 0 Å². The molecule has 0 N–H and O–H groups in total. The lowest BCUT2D eigenvalue weighted by atomic mass is 10.3. The van der Waals surface area contributed by atoms with Gasteiger partial charge in [0.15, 0.2) is 6.29 Å². The molecule has 0 aromatic rings. The van der Waals surface area contributed by atoms with Crippen LogP contribution in [0, 0.1) is 0 Å². The van der Waals surface area contributed by atoms with Crippen LogP contribution >= 0.6 is 0 Å². The molecule has 1 saturated heterocycles. The molecule has 3 heteroatoms. The second-order valence-electron chi connectivity index (χ2n) is 2.45. The fourth-order valence-electron chi connectivity index (χ4n) is 0.911. The van der Waals surface area contributed by atoms with Gasteiger partial charge in [-0.05, 0) is 6.92 Å². The van der Waals surface area contributed by atoms with E-state index < -0.39 is 0 Å². The Balaban J connectivity index is 2.11. The summed E-state index contributed by atoms with van der Waals surface area (Å²) in [5, 5.41) is 0. The average molecular weight is 146 g/mol. The Labute approximate surface area is 61.3 Å². The average Bonchev–Trinajstić information content (AvgIpc) is 2.40. The van der Waals surface area contributed by atoms with E-state index in [-0.39, 0.29) is 12.4 Å². The minimum atomic E-state index is -0.0325. The molecular formula is C7H14O3. The minimum absolute atomic E-state index is 0.0325. The predicted octanol–water partition coefficient (Wildman–Crippen LogP) is 0.784. The van der Waals surface area contributed by atoms with Crippen LogP contribution in [0.5, 0.6) is 0 Å². The highest BCUT2D eigenvalue weighted by atomic mass is 16.7. The van der Waals surface area contributed by atoms with E-state index in [0.717, 1.165) is 19.6 Å². The summed E-state index contributed by atoms with van der Waals surface area (Å²) < 4.78 is 15.5. The summed E-state index contributed by atoms with van der Waals surface area (Å²) in [6.45, 7) is 3.45. The Morgan fingerprint density at radius 3 is 2.60 bits per heavy atom. The molecule has 3 nitrogen and oxygen atoms in total. The van der Waals surface area contributed by atoms with Crippen molar-refractivity contribution in [3.05, 3.63) is 0 Å². The zero-order valence-corrected chi connectivity index (χ0v) is 6.50. The summed E-state index contributed by atoms with van der Waals surface area (Å²) in [4.78, 5) is 0. The van der Waals surface area contributed by atoms with Crippen LogP contribution in [0.2, 0.25) is 0 Å². The SMILES string of the molecule is COC(C)CC1OCCO1. The molecule has 0 radical (unpaired) electrons. The first-order chi connectivity index (χ1) is 4.83. The third kappa shape index (κ3) is 2.25. The van der Waals surface area contributed by atoms with Crippen LogP contribution in [0.4, 0.5) is 0 Å². The molecule has 0 bridgehead atoms. The lowest BCUT2D eigenvalue weighted by molar-refractivity contribution is -0.0733. The van der Waals surface area contributed by atoms with Crippen molar-refractivity contribution in [1.29, 1.82) is 0 Å². The summed E-state index contributed by atoms with van der Waals surface area (Å²) in [7, 11) is 1.69. The fourth-order valence-corrected chi connectivity index (χ4v) is 0.911. The maximum absolute atomic E-state index is 5.22. The lowest BCUT2D eigenvalue weighted by Crippen LogP contribution is -2.17. The van der Waals surface area contributed by atoms with Gasteiger partial charge in [0.2, 0.25) is 0 Å². The first-order valence-electron chi connectivity index (χ1n) is 3.59. The molecule has 0 aromatic heterocycles. The summed E-state index contributed by atoms with van der Waals surface area (Å²) >= 11 is 0. The quantitative estimate of drug-likeness (QED) is 0.589. The fraction of sp³-hybridized carbons (Fsp3) is 1.00. The van der Waals surface area contributed by atoms with Crippen molar-refractivity contribution in [2.45, 2.75) is 25.7 Å². The van der Waals surface area contributed by atoms with Gasteiger partial charge in [0, 0.05) is 13.5 Å². The van der Waals surface area contributed by atoms with E-state index in [1.807, 2.05) is 6.92 Å². The monoisotopic (exact) mass is 146 g/mol. The van der Waals surface area contributed by atoms with E-state index in [9.17, 15) is 0 Å². The number of hydrogen-bond donors (Lipinski definition) is 0. The van der Waals surface area contributed by atoms with Crippen LogP contribution in [0.25, 0.3) is 0 Å². The van der Waals surface area contributed by atoms with Crippen LogP contribution in [-0.2, 0) is 14.2 Å². The van der Waals surface area contributed by atoms with Crippen molar-refractivity contribution in [1.82, 2.24) is 0 Å². The van der Waals surface area contributed by atoms with Crippen molar-refractivity contribution in [2.75, 3.05) is 20.3 Å². The van der Waals surface area contributed by atoms with Gasteiger partial charge in [0.05, 0.1) is 19.3 Å². The molecule has 0 spiro atoms. The molecule has 1 unspecified atom stereocenters. The second kappa shape index (κ2) is 3.91. The van der Waals surface area contributed by atoms with Gasteiger partial charge in [-0.3, -0.25) is 0 Å². The molecule has 1 heterocycles. The molecule has 1 fully saturated rings. The van der Waals surface area contributed by atoms with Crippen molar-refractivity contribution in [2.24, 2.45) is 0 Å². The highest BCUT2D eigenvalue weighted by Gasteiger charge is 2.18. The van der Waals surface area contributed by atoms with Gasteiger partial charge in [-0.15, -0.1) is 0 Å². The van der Waals surface area contributed by atoms with Crippen LogP contribution < -0.4 is 0 Å². The molecule has 0 saturated carbocycles. The summed E-state index contributed by atoms with van der Waals surface area (Å²) in [6, 6.07) is 0.